The third kappa shape index (κ3) is 6.54. The average Bonchev–Trinajstić information content (AvgIpc) is 2.71. The number of carboxylic acid groups (broad SMARTS) is 1. The summed E-state index contributed by atoms with van der Waals surface area (Å²) in [5.41, 5.74) is 0.865. The number of allylic oxidation sites excluding steroid dienone is 2. The summed E-state index contributed by atoms with van der Waals surface area (Å²) in [5.74, 6) is 0.527. The summed E-state index contributed by atoms with van der Waals surface area (Å²) in [6.07, 6.45) is 12.8. The molecule has 5 nitrogen and oxygen atoms in total. The van der Waals surface area contributed by atoms with Gasteiger partial charge in [-0.1, -0.05) is 42.5 Å². The van der Waals surface area contributed by atoms with Crippen LogP contribution in [0, 0.1) is 17.8 Å². The van der Waals surface area contributed by atoms with Crippen LogP contribution in [-0.4, -0.2) is 25.5 Å². The molecule has 29 heavy (non-hydrogen) atoms. The Labute approximate surface area is 174 Å². The molecule has 0 aromatic heterocycles. The Hall–Kier alpha value is -1.92. The van der Waals surface area contributed by atoms with Crippen LogP contribution in [0.2, 0.25) is 0 Å². The maximum Gasteiger partial charge on any atom is 0.303 e. The van der Waals surface area contributed by atoms with Gasteiger partial charge >= 0.3 is 5.97 Å². The number of unbranched alkanes of at least 4 members (excludes halogenated alkanes) is 1. The van der Waals surface area contributed by atoms with E-state index in [4.69, 9.17) is 5.11 Å². The van der Waals surface area contributed by atoms with Gasteiger partial charge in [-0.05, 0) is 74.3 Å². The molecular weight excluding hydrogens is 386 g/mol. The fourth-order valence-corrected chi connectivity index (χ4v) is 5.96. The molecule has 2 unspecified atom stereocenters. The second kappa shape index (κ2) is 10.2. The molecule has 2 N–H and O–H groups in total. The summed E-state index contributed by atoms with van der Waals surface area (Å²) < 4.78 is 28.4. The van der Waals surface area contributed by atoms with Crippen molar-refractivity contribution in [1.29, 1.82) is 0 Å². The van der Waals surface area contributed by atoms with Crippen LogP contribution >= 0.6 is 0 Å². The highest BCUT2D eigenvalue weighted by Crippen LogP contribution is 2.46. The predicted octanol–water partition coefficient (Wildman–Crippen LogP) is 4.58. The minimum atomic E-state index is -3.50. The van der Waals surface area contributed by atoms with Crippen LogP contribution in [-0.2, 0) is 14.8 Å². The van der Waals surface area contributed by atoms with E-state index in [0.717, 1.165) is 31.2 Å². The summed E-state index contributed by atoms with van der Waals surface area (Å²) in [4.78, 5) is 10.6. The van der Waals surface area contributed by atoms with Gasteiger partial charge in [0.25, 0.3) is 0 Å². The third-order valence-corrected chi connectivity index (χ3v) is 7.36. The number of hydrogen-bond donors (Lipinski definition) is 2. The normalized spacial score (nSPS) is 27.0. The number of fused-ring (bicyclic) bond motifs is 3. The molecule has 0 amide bonds. The number of benzene rings is 1. The van der Waals surface area contributed by atoms with Crippen molar-refractivity contribution >= 4 is 22.1 Å². The Morgan fingerprint density at radius 2 is 1.76 bits per heavy atom. The van der Waals surface area contributed by atoms with Crippen LogP contribution in [0.5, 0.6) is 0 Å². The fraction of sp³-hybridized carbons (Fsp3) is 0.522. The molecule has 6 heteroatoms. The minimum Gasteiger partial charge on any atom is -0.481 e. The van der Waals surface area contributed by atoms with E-state index in [1.807, 2.05) is 36.4 Å². The number of nitrogens with one attached hydrogen (secondary N) is 1. The van der Waals surface area contributed by atoms with Gasteiger partial charge < -0.3 is 5.11 Å². The molecule has 3 saturated carbocycles. The van der Waals surface area contributed by atoms with Gasteiger partial charge in [-0.25, -0.2) is 13.1 Å². The molecule has 158 valence electrons. The lowest BCUT2D eigenvalue weighted by Gasteiger charge is -2.48. The Balaban J connectivity index is 1.61. The second-order valence-electron chi connectivity index (χ2n) is 8.23. The molecular formula is C23H31NO4S. The molecule has 0 aliphatic heterocycles. The van der Waals surface area contributed by atoms with Gasteiger partial charge in [0, 0.05) is 17.9 Å². The lowest BCUT2D eigenvalue weighted by Crippen LogP contribution is -2.52. The van der Waals surface area contributed by atoms with Crippen molar-refractivity contribution in [2.75, 3.05) is 0 Å². The molecule has 0 heterocycles. The highest BCUT2D eigenvalue weighted by atomic mass is 32.2. The van der Waals surface area contributed by atoms with Crippen molar-refractivity contribution in [3.05, 3.63) is 53.5 Å². The number of hydrogen-bond acceptors (Lipinski definition) is 3. The molecule has 2 atom stereocenters. The van der Waals surface area contributed by atoms with Gasteiger partial charge in [-0.3, -0.25) is 4.79 Å². The van der Waals surface area contributed by atoms with Crippen molar-refractivity contribution in [3.8, 4) is 0 Å². The average molecular weight is 418 g/mol. The molecule has 3 fully saturated rings. The Bertz CT molecular complexity index is 824. The Morgan fingerprint density at radius 1 is 1.07 bits per heavy atom. The van der Waals surface area contributed by atoms with Gasteiger partial charge in [0.05, 0.1) is 0 Å². The number of sulfonamides is 1. The lowest BCUT2D eigenvalue weighted by atomic mass is 9.61. The van der Waals surface area contributed by atoms with Crippen LogP contribution in [0.1, 0.15) is 56.9 Å². The summed E-state index contributed by atoms with van der Waals surface area (Å²) in [7, 11) is -3.50. The van der Waals surface area contributed by atoms with Crippen molar-refractivity contribution in [2.45, 2.75) is 57.4 Å². The molecule has 2 bridgehead atoms. The zero-order chi connectivity index (χ0) is 20.7. The lowest BCUT2D eigenvalue weighted by molar-refractivity contribution is -0.137. The van der Waals surface area contributed by atoms with E-state index < -0.39 is 16.0 Å². The summed E-state index contributed by atoms with van der Waals surface area (Å²) in [5, 5.41) is 9.99. The first kappa shape index (κ1) is 21.8. The van der Waals surface area contributed by atoms with Gasteiger partial charge in [0.2, 0.25) is 10.0 Å². The van der Waals surface area contributed by atoms with Crippen LogP contribution in [0.4, 0.5) is 0 Å². The molecule has 0 radical (unpaired) electrons. The fourth-order valence-electron chi connectivity index (χ4n) is 4.80. The number of carbonyl (C=O) groups is 1. The Kier molecular flexibility index (Phi) is 7.67. The van der Waals surface area contributed by atoms with Crippen molar-refractivity contribution < 1.29 is 18.3 Å². The standard InChI is InChI=1S/C23H31NO4S/c25-22(26)11-7-2-1-6-10-21-19-12-14-20(15-13-19)23(21)24-29(27,28)17-16-18-8-4-3-5-9-18/h1,3-6,8-9,16-17,19-21,23-24H,2,7,10-15H2,(H,25,26). The van der Waals surface area contributed by atoms with E-state index in [9.17, 15) is 13.2 Å². The van der Waals surface area contributed by atoms with Crippen molar-refractivity contribution in [3.63, 3.8) is 0 Å². The highest BCUT2D eigenvalue weighted by Gasteiger charge is 2.44. The topological polar surface area (TPSA) is 83.5 Å². The van der Waals surface area contributed by atoms with Crippen LogP contribution in [0.15, 0.2) is 47.9 Å². The summed E-state index contributed by atoms with van der Waals surface area (Å²) in [6, 6.07) is 9.43. The van der Waals surface area contributed by atoms with Crippen LogP contribution < -0.4 is 4.72 Å². The third-order valence-electron chi connectivity index (χ3n) is 6.27. The van der Waals surface area contributed by atoms with E-state index in [-0.39, 0.29) is 12.5 Å². The second-order valence-corrected chi connectivity index (χ2v) is 9.83. The van der Waals surface area contributed by atoms with Crippen molar-refractivity contribution in [2.24, 2.45) is 17.8 Å². The first-order valence-electron chi connectivity index (χ1n) is 10.6. The summed E-state index contributed by atoms with van der Waals surface area (Å²) >= 11 is 0. The number of rotatable bonds is 10. The van der Waals surface area contributed by atoms with E-state index >= 15 is 0 Å². The van der Waals surface area contributed by atoms with E-state index in [1.165, 1.54) is 18.2 Å². The first-order valence-corrected chi connectivity index (χ1v) is 12.1. The van der Waals surface area contributed by atoms with Gasteiger partial charge in [0.1, 0.15) is 0 Å². The van der Waals surface area contributed by atoms with Gasteiger partial charge in [-0.15, -0.1) is 0 Å². The van der Waals surface area contributed by atoms with Gasteiger partial charge in [-0.2, -0.15) is 0 Å². The SMILES string of the molecule is O=C(O)CCCC=CCC1C2CCC(CC2)C1NS(=O)(=O)C=Cc1ccccc1. The number of aliphatic carboxylic acids is 1. The van der Waals surface area contributed by atoms with E-state index in [0.29, 0.717) is 24.2 Å². The molecule has 3 aliphatic carbocycles. The minimum absolute atomic E-state index is 0.0170. The predicted molar refractivity (Wildman–Crippen MR) is 116 cm³/mol. The molecule has 1 aromatic rings. The molecule has 1 aromatic carbocycles. The van der Waals surface area contributed by atoms with Crippen LogP contribution in [0.3, 0.4) is 0 Å². The maximum absolute atomic E-state index is 12.7. The molecule has 4 rings (SSSR count). The highest BCUT2D eigenvalue weighted by molar-refractivity contribution is 7.92. The monoisotopic (exact) mass is 417 g/mol. The zero-order valence-electron chi connectivity index (χ0n) is 16.7. The molecule has 0 saturated heterocycles. The first-order chi connectivity index (χ1) is 13.9. The van der Waals surface area contributed by atoms with E-state index in [1.54, 1.807) is 6.08 Å². The van der Waals surface area contributed by atoms with Crippen LogP contribution in [0.25, 0.3) is 6.08 Å². The quantitative estimate of drug-likeness (QED) is 0.431. The zero-order valence-corrected chi connectivity index (χ0v) is 17.6. The molecule has 0 spiro atoms. The van der Waals surface area contributed by atoms with E-state index in [2.05, 4.69) is 10.8 Å². The number of carboxylic acids is 1. The van der Waals surface area contributed by atoms with Gasteiger partial charge in [0.15, 0.2) is 0 Å². The smallest absolute Gasteiger partial charge is 0.303 e. The summed E-state index contributed by atoms with van der Waals surface area (Å²) in [6.45, 7) is 0. The Morgan fingerprint density at radius 3 is 2.45 bits per heavy atom. The van der Waals surface area contributed by atoms with Crippen molar-refractivity contribution in [1.82, 2.24) is 4.72 Å². The maximum atomic E-state index is 12.7. The largest absolute Gasteiger partial charge is 0.481 e. The molecule has 3 aliphatic rings.